The average Bonchev–Trinajstić information content (AvgIpc) is 3.07. The van der Waals surface area contributed by atoms with Crippen LogP contribution in [0, 0.1) is 0 Å². The molecule has 1 aromatic rings. The largest absolute Gasteiger partial charge is 0.340 e. The first-order chi connectivity index (χ1) is 8.54. The Balaban J connectivity index is 2.26. The van der Waals surface area contributed by atoms with Crippen molar-refractivity contribution in [3.63, 3.8) is 0 Å². The predicted molar refractivity (Wildman–Crippen MR) is 76.9 cm³/mol. The predicted octanol–water partition coefficient (Wildman–Crippen LogP) is 3.85. The van der Waals surface area contributed by atoms with Gasteiger partial charge in [0.1, 0.15) is 5.69 Å². The summed E-state index contributed by atoms with van der Waals surface area (Å²) in [6.07, 6.45) is 5.34. The molecule has 0 saturated heterocycles. The van der Waals surface area contributed by atoms with Crippen molar-refractivity contribution in [2.75, 3.05) is 6.54 Å². The van der Waals surface area contributed by atoms with E-state index in [4.69, 9.17) is 0 Å². The van der Waals surface area contributed by atoms with Gasteiger partial charge in [0.15, 0.2) is 0 Å². The molecule has 0 aromatic carbocycles. The summed E-state index contributed by atoms with van der Waals surface area (Å²) in [6, 6.07) is 2.72. The minimum atomic E-state index is 0.179. The second-order valence-electron chi connectivity index (χ2n) is 5.27. The number of hydrogen-bond donors (Lipinski definition) is 0. The first-order valence-corrected chi connectivity index (χ1v) is 7.52. The van der Waals surface area contributed by atoms with Gasteiger partial charge >= 0.3 is 0 Å². The molecular weight excluding hydrogens is 292 g/mol. The Morgan fingerprint density at radius 1 is 1.56 bits per heavy atom. The van der Waals surface area contributed by atoms with Crippen LogP contribution in [0.5, 0.6) is 0 Å². The number of nitrogens with zero attached hydrogens (tertiary/aromatic N) is 2. The van der Waals surface area contributed by atoms with Crippen LogP contribution in [0.1, 0.15) is 56.6 Å². The van der Waals surface area contributed by atoms with Gasteiger partial charge in [-0.05, 0) is 55.1 Å². The van der Waals surface area contributed by atoms with E-state index in [1.807, 2.05) is 17.2 Å². The van der Waals surface area contributed by atoms with Crippen molar-refractivity contribution < 1.29 is 4.79 Å². The number of halogens is 1. The lowest BCUT2D eigenvalue weighted by atomic mass is 10.3. The van der Waals surface area contributed by atoms with Gasteiger partial charge in [-0.15, -0.1) is 0 Å². The number of rotatable bonds is 5. The fourth-order valence-electron chi connectivity index (χ4n) is 2.27. The summed E-state index contributed by atoms with van der Waals surface area (Å²) in [6.45, 7) is 7.19. The van der Waals surface area contributed by atoms with E-state index >= 15 is 0 Å². The summed E-state index contributed by atoms with van der Waals surface area (Å²) in [4.78, 5) is 14.7. The Morgan fingerprint density at radius 3 is 2.72 bits per heavy atom. The first kappa shape index (κ1) is 13.7. The van der Waals surface area contributed by atoms with E-state index in [2.05, 4.69) is 41.3 Å². The van der Waals surface area contributed by atoms with E-state index in [-0.39, 0.29) is 5.91 Å². The zero-order valence-corrected chi connectivity index (χ0v) is 12.9. The fourth-order valence-corrected chi connectivity index (χ4v) is 2.71. The molecule has 1 aliphatic carbocycles. The van der Waals surface area contributed by atoms with Crippen molar-refractivity contribution in [2.45, 2.75) is 52.1 Å². The van der Waals surface area contributed by atoms with Crippen molar-refractivity contribution in [3.05, 3.63) is 22.4 Å². The molecule has 1 amide bonds. The van der Waals surface area contributed by atoms with E-state index in [1.165, 1.54) is 0 Å². The Morgan fingerprint density at radius 2 is 2.22 bits per heavy atom. The normalized spacial score (nSPS) is 15.2. The van der Waals surface area contributed by atoms with Gasteiger partial charge in [-0.3, -0.25) is 4.79 Å². The zero-order valence-electron chi connectivity index (χ0n) is 11.3. The van der Waals surface area contributed by atoms with Crippen LogP contribution < -0.4 is 0 Å². The fraction of sp³-hybridized carbons (Fsp3) is 0.643. The second kappa shape index (κ2) is 5.47. The molecule has 0 N–H and O–H groups in total. The SMILES string of the molecule is CCCN(C(=O)c1cc(Br)cn1C(C)C)C1CC1. The minimum absolute atomic E-state index is 0.179. The summed E-state index contributed by atoms with van der Waals surface area (Å²) < 4.78 is 3.03. The van der Waals surface area contributed by atoms with Crippen LogP contribution in [0.3, 0.4) is 0 Å². The van der Waals surface area contributed by atoms with Crippen LogP contribution in [-0.2, 0) is 0 Å². The summed E-state index contributed by atoms with van der Waals surface area (Å²) in [5.41, 5.74) is 0.803. The van der Waals surface area contributed by atoms with Crippen LogP contribution in [0.25, 0.3) is 0 Å². The Bertz CT molecular complexity index is 435. The molecule has 1 fully saturated rings. The van der Waals surface area contributed by atoms with Crippen molar-refractivity contribution in [1.82, 2.24) is 9.47 Å². The first-order valence-electron chi connectivity index (χ1n) is 6.73. The highest BCUT2D eigenvalue weighted by Gasteiger charge is 2.33. The van der Waals surface area contributed by atoms with Gasteiger partial charge in [-0.2, -0.15) is 0 Å². The maximum absolute atomic E-state index is 12.6. The Kier molecular flexibility index (Phi) is 4.15. The maximum Gasteiger partial charge on any atom is 0.270 e. The molecule has 0 atom stereocenters. The average molecular weight is 313 g/mol. The van der Waals surface area contributed by atoms with Gasteiger partial charge in [-0.25, -0.2) is 0 Å². The van der Waals surface area contributed by atoms with Crippen molar-refractivity contribution >= 4 is 21.8 Å². The van der Waals surface area contributed by atoms with E-state index in [0.717, 1.165) is 36.0 Å². The molecule has 0 unspecified atom stereocenters. The van der Waals surface area contributed by atoms with Crippen molar-refractivity contribution in [3.8, 4) is 0 Å². The van der Waals surface area contributed by atoms with Gasteiger partial charge in [-0.1, -0.05) is 6.92 Å². The smallest absolute Gasteiger partial charge is 0.270 e. The molecule has 3 nitrogen and oxygen atoms in total. The molecule has 0 bridgehead atoms. The van der Waals surface area contributed by atoms with Crippen LogP contribution in [0.4, 0.5) is 0 Å². The molecule has 1 aromatic heterocycles. The van der Waals surface area contributed by atoms with Crippen LogP contribution in [0.2, 0.25) is 0 Å². The van der Waals surface area contributed by atoms with Gasteiger partial charge in [0, 0.05) is 29.3 Å². The van der Waals surface area contributed by atoms with E-state index in [1.54, 1.807) is 0 Å². The highest BCUT2D eigenvalue weighted by atomic mass is 79.9. The molecule has 100 valence electrons. The lowest BCUT2D eigenvalue weighted by Crippen LogP contribution is -2.35. The van der Waals surface area contributed by atoms with Gasteiger partial charge in [0.2, 0.25) is 0 Å². The molecule has 1 heterocycles. The summed E-state index contributed by atoms with van der Waals surface area (Å²) in [5, 5.41) is 0. The Labute approximate surface area is 117 Å². The zero-order chi connectivity index (χ0) is 13.3. The van der Waals surface area contributed by atoms with Gasteiger partial charge in [0.25, 0.3) is 5.91 Å². The number of aromatic nitrogens is 1. The van der Waals surface area contributed by atoms with E-state index < -0.39 is 0 Å². The molecule has 1 saturated carbocycles. The Hall–Kier alpha value is -0.770. The molecule has 0 radical (unpaired) electrons. The summed E-state index contributed by atoms with van der Waals surface area (Å²) in [5.74, 6) is 0.179. The minimum Gasteiger partial charge on any atom is -0.340 e. The molecule has 0 spiro atoms. The maximum atomic E-state index is 12.6. The molecule has 18 heavy (non-hydrogen) atoms. The number of carbonyl (C=O) groups excluding carboxylic acids is 1. The lowest BCUT2D eigenvalue weighted by molar-refractivity contribution is 0.0730. The highest BCUT2D eigenvalue weighted by Crippen LogP contribution is 2.30. The third kappa shape index (κ3) is 2.79. The third-order valence-electron chi connectivity index (χ3n) is 3.30. The van der Waals surface area contributed by atoms with Gasteiger partial charge < -0.3 is 9.47 Å². The monoisotopic (exact) mass is 312 g/mol. The molecule has 0 aliphatic heterocycles. The highest BCUT2D eigenvalue weighted by molar-refractivity contribution is 9.10. The number of amides is 1. The quantitative estimate of drug-likeness (QED) is 0.810. The second-order valence-corrected chi connectivity index (χ2v) is 6.19. The molecular formula is C14H21BrN2O. The van der Waals surface area contributed by atoms with Crippen molar-refractivity contribution in [1.29, 1.82) is 0 Å². The molecule has 1 aliphatic rings. The standard InChI is InChI=1S/C14H21BrN2O/c1-4-7-16(12-5-6-12)14(18)13-8-11(15)9-17(13)10(2)3/h8-10,12H,4-7H2,1-3H3. The third-order valence-corrected chi connectivity index (χ3v) is 3.74. The summed E-state index contributed by atoms with van der Waals surface area (Å²) >= 11 is 3.47. The number of carbonyl (C=O) groups is 1. The van der Waals surface area contributed by atoms with Gasteiger partial charge in [0.05, 0.1) is 0 Å². The lowest BCUT2D eigenvalue weighted by Gasteiger charge is -2.23. The topological polar surface area (TPSA) is 25.2 Å². The van der Waals surface area contributed by atoms with E-state index in [9.17, 15) is 4.79 Å². The molecule has 4 heteroatoms. The van der Waals surface area contributed by atoms with Crippen molar-refractivity contribution in [2.24, 2.45) is 0 Å². The van der Waals surface area contributed by atoms with Crippen LogP contribution in [-0.4, -0.2) is 28.0 Å². The summed E-state index contributed by atoms with van der Waals surface area (Å²) in [7, 11) is 0. The number of hydrogen-bond acceptors (Lipinski definition) is 1. The van der Waals surface area contributed by atoms with E-state index in [0.29, 0.717) is 12.1 Å². The van der Waals surface area contributed by atoms with Crippen LogP contribution >= 0.6 is 15.9 Å². The molecule has 2 rings (SSSR count). The van der Waals surface area contributed by atoms with Crippen LogP contribution in [0.15, 0.2) is 16.7 Å².